The zero-order valence-corrected chi connectivity index (χ0v) is 23.1. The van der Waals surface area contributed by atoms with Crippen LogP contribution >= 0.6 is 0 Å². The molecule has 39 heavy (non-hydrogen) atoms. The summed E-state index contributed by atoms with van der Waals surface area (Å²) in [6, 6.07) is 11.6. The van der Waals surface area contributed by atoms with E-state index in [0.717, 1.165) is 16.7 Å². The molecule has 212 valence electrons. The second-order valence-corrected chi connectivity index (χ2v) is 13.0. The lowest BCUT2D eigenvalue weighted by Gasteiger charge is -2.56. The molecule has 2 aromatic rings. The number of hydrazine groups is 1. The maximum Gasteiger partial charge on any atom is 0.406 e. The molecule has 3 aliphatic rings. The monoisotopic (exact) mass is 564 g/mol. The SMILES string of the molecule is Cc1cccc(-c2ccc(C3C(CO)N4C/C=C\CN(S(=O)(=O)C5CN(C)NC5C(F)(F)F)C[C@@H]34)cc2)c1C. The van der Waals surface area contributed by atoms with Gasteiger partial charge in [-0.2, -0.15) is 17.5 Å². The first-order chi connectivity index (χ1) is 18.4. The van der Waals surface area contributed by atoms with Gasteiger partial charge in [-0.1, -0.05) is 54.6 Å². The van der Waals surface area contributed by atoms with Crippen molar-refractivity contribution in [2.24, 2.45) is 0 Å². The third-order valence-corrected chi connectivity index (χ3v) is 10.7. The molecule has 5 rings (SSSR count). The minimum Gasteiger partial charge on any atom is -0.395 e. The third-order valence-electron chi connectivity index (χ3n) is 8.54. The summed E-state index contributed by atoms with van der Waals surface area (Å²) in [7, 11) is -2.89. The van der Waals surface area contributed by atoms with Gasteiger partial charge in [0.1, 0.15) is 11.3 Å². The standard InChI is InChI=1S/C28H35F3N4O3S/c1-18-7-6-8-22(19(18)2)20-9-11-21(12-10-20)26-23-15-34(13-4-5-14-35(23)24(26)17-36)39(37,38)25-16-33(3)32-27(25)28(29,30)31/h4-12,23-27,32,36H,13-17H2,1-3H3/b5-4-/t23-,24?,25?,26?,27?/m0/s1. The van der Waals surface area contributed by atoms with Gasteiger partial charge in [-0.05, 0) is 41.7 Å². The first-order valence-electron chi connectivity index (χ1n) is 13.1. The number of hydrogen-bond acceptors (Lipinski definition) is 6. The third kappa shape index (κ3) is 5.16. The van der Waals surface area contributed by atoms with Crippen LogP contribution in [0.1, 0.15) is 22.6 Å². The van der Waals surface area contributed by atoms with Crippen molar-refractivity contribution in [2.75, 3.05) is 39.8 Å². The highest BCUT2D eigenvalue weighted by atomic mass is 32.2. The predicted octanol–water partition coefficient (Wildman–Crippen LogP) is 3.05. The van der Waals surface area contributed by atoms with Crippen LogP contribution in [0, 0.1) is 13.8 Å². The van der Waals surface area contributed by atoms with Crippen LogP contribution in [0.4, 0.5) is 13.2 Å². The van der Waals surface area contributed by atoms with Crippen LogP contribution in [-0.2, 0) is 10.0 Å². The molecule has 4 unspecified atom stereocenters. The van der Waals surface area contributed by atoms with Crippen LogP contribution in [0.15, 0.2) is 54.6 Å². The van der Waals surface area contributed by atoms with E-state index in [-0.39, 0.29) is 44.2 Å². The van der Waals surface area contributed by atoms with Crippen LogP contribution in [0.5, 0.6) is 0 Å². The topological polar surface area (TPSA) is 76.1 Å². The van der Waals surface area contributed by atoms with Crippen LogP contribution in [0.2, 0.25) is 0 Å². The minimum absolute atomic E-state index is 0.0134. The summed E-state index contributed by atoms with van der Waals surface area (Å²) in [5.74, 6) is -0.158. The maximum atomic E-state index is 13.7. The Balaban J connectivity index is 1.43. The molecular formula is C28H35F3N4O3S. The molecule has 11 heteroatoms. The van der Waals surface area contributed by atoms with E-state index in [1.54, 1.807) is 6.08 Å². The minimum atomic E-state index is -4.70. The lowest BCUT2D eigenvalue weighted by Crippen LogP contribution is -2.68. The quantitative estimate of drug-likeness (QED) is 0.544. The second kappa shape index (κ2) is 10.6. The van der Waals surface area contributed by atoms with Crippen molar-refractivity contribution in [3.8, 4) is 11.1 Å². The van der Waals surface area contributed by atoms with Crippen LogP contribution in [0.3, 0.4) is 0 Å². The zero-order valence-electron chi connectivity index (χ0n) is 22.3. The number of sulfonamides is 1. The van der Waals surface area contributed by atoms with E-state index in [9.17, 15) is 26.7 Å². The Hall–Kier alpha value is -2.28. The van der Waals surface area contributed by atoms with Crippen molar-refractivity contribution in [1.29, 1.82) is 0 Å². The molecule has 0 aliphatic carbocycles. The van der Waals surface area contributed by atoms with Gasteiger partial charge in [-0.25, -0.2) is 18.9 Å². The molecule has 2 N–H and O–H groups in total. The van der Waals surface area contributed by atoms with Gasteiger partial charge in [0.15, 0.2) is 0 Å². The fraction of sp³-hybridized carbons (Fsp3) is 0.500. The maximum absolute atomic E-state index is 13.7. The molecule has 0 bridgehead atoms. The average Bonchev–Trinajstić information content (AvgIpc) is 3.28. The van der Waals surface area contributed by atoms with E-state index < -0.39 is 27.5 Å². The summed E-state index contributed by atoms with van der Waals surface area (Å²) in [5, 5.41) is 9.78. The molecule has 7 nitrogen and oxygen atoms in total. The molecule has 3 aliphatic heterocycles. The van der Waals surface area contributed by atoms with Crippen molar-refractivity contribution < 1.29 is 26.7 Å². The van der Waals surface area contributed by atoms with Crippen molar-refractivity contribution in [3.05, 3.63) is 71.3 Å². The van der Waals surface area contributed by atoms with E-state index in [2.05, 4.69) is 31.4 Å². The highest BCUT2D eigenvalue weighted by molar-refractivity contribution is 7.89. The number of hydrogen-bond donors (Lipinski definition) is 2. The fourth-order valence-corrected chi connectivity index (χ4v) is 8.29. The number of fused-ring (bicyclic) bond motifs is 1. The Labute approximate surface area is 227 Å². The normalized spacial score (nSPS) is 29.9. The number of aryl methyl sites for hydroxylation is 1. The number of aliphatic hydroxyl groups excluding tert-OH is 1. The number of benzene rings is 2. The van der Waals surface area contributed by atoms with Crippen molar-refractivity contribution in [3.63, 3.8) is 0 Å². The van der Waals surface area contributed by atoms with Gasteiger partial charge in [0.05, 0.1) is 6.61 Å². The number of halogens is 3. The summed E-state index contributed by atoms with van der Waals surface area (Å²) in [6.07, 6.45) is -1.19. The molecule has 3 heterocycles. The Morgan fingerprint density at radius 3 is 2.38 bits per heavy atom. The molecule has 0 aromatic heterocycles. The number of rotatable bonds is 5. The first-order valence-corrected chi connectivity index (χ1v) is 14.6. The van der Waals surface area contributed by atoms with E-state index in [0.29, 0.717) is 6.54 Å². The van der Waals surface area contributed by atoms with Gasteiger partial charge in [-0.15, -0.1) is 0 Å². The van der Waals surface area contributed by atoms with Crippen molar-refractivity contribution >= 4 is 10.0 Å². The van der Waals surface area contributed by atoms with Crippen molar-refractivity contribution in [1.82, 2.24) is 19.6 Å². The first kappa shape index (κ1) is 28.3. The lowest BCUT2D eigenvalue weighted by atomic mass is 9.74. The van der Waals surface area contributed by atoms with Crippen LogP contribution in [-0.4, -0.2) is 97.1 Å². The number of alkyl halides is 3. The predicted molar refractivity (Wildman–Crippen MR) is 144 cm³/mol. The number of nitrogens with one attached hydrogen (secondary N) is 1. The highest BCUT2D eigenvalue weighted by Crippen LogP contribution is 2.43. The highest BCUT2D eigenvalue weighted by Gasteiger charge is 2.56. The molecule has 2 fully saturated rings. The van der Waals surface area contributed by atoms with Crippen LogP contribution < -0.4 is 5.43 Å². The average molecular weight is 565 g/mol. The van der Waals surface area contributed by atoms with E-state index in [4.69, 9.17) is 0 Å². The Bertz CT molecular complexity index is 1330. The Morgan fingerprint density at radius 2 is 1.72 bits per heavy atom. The zero-order chi connectivity index (χ0) is 28.1. The fourth-order valence-electron chi connectivity index (χ4n) is 6.28. The lowest BCUT2D eigenvalue weighted by molar-refractivity contribution is -0.155. The van der Waals surface area contributed by atoms with Gasteiger partial charge in [0, 0.05) is 51.2 Å². The van der Waals surface area contributed by atoms with E-state index in [1.165, 1.54) is 27.5 Å². The number of aliphatic hydroxyl groups is 1. The van der Waals surface area contributed by atoms with E-state index >= 15 is 0 Å². The van der Waals surface area contributed by atoms with Gasteiger partial charge < -0.3 is 5.11 Å². The molecule has 0 spiro atoms. The Morgan fingerprint density at radius 1 is 1.03 bits per heavy atom. The van der Waals surface area contributed by atoms with Gasteiger partial charge in [0.2, 0.25) is 10.0 Å². The molecule has 0 saturated carbocycles. The van der Waals surface area contributed by atoms with Gasteiger partial charge in [0.25, 0.3) is 0 Å². The number of nitrogens with zero attached hydrogens (tertiary/aromatic N) is 3. The van der Waals surface area contributed by atoms with Gasteiger partial charge in [-0.3, -0.25) is 4.90 Å². The second-order valence-electron chi connectivity index (χ2n) is 10.8. The smallest absolute Gasteiger partial charge is 0.395 e. The summed E-state index contributed by atoms with van der Waals surface area (Å²) < 4.78 is 69.7. The summed E-state index contributed by atoms with van der Waals surface area (Å²) in [6.45, 7) is 4.40. The summed E-state index contributed by atoms with van der Waals surface area (Å²) in [4.78, 5) is 2.04. The molecule has 2 aromatic carbocycles. The van der Waals surface area contributed by atoms with Crippen LogP contribution in [0.25, 0.3) is 11.1 Å². The molecular weight excluding hydrogens is 529 g/mol. The summed E-state index contributed by atoms with van der Waals surface area (Å²) >= 11 is 0. The summed E-state index contributed by atoms with van der Waals surface area (Å²) in [5.41, 5.74) is 7.85. The van der Waals surface area contributed by atoms with Crippen molar-refractivity contribution in [2.45, 2.75) is 49.3 Å². The Kier molecular flexibility index (Phi) is 7.68. The molecule has 5 atom stereocenters. The molecule has 2 saturated heterocycles. The molecule has 0 radical (unpaired) electrons. The molecule has 0 amide bonds. The van der Waals surface area contributed by atoms with Gasteiger partial charge >= 0.3 is 6.18 Å². The van der Waals surface area contributed by atoms with E-state index in [1.807, 2.05) is 41.3 Å². The largest absolute Gasteiger partial charge is 0.406 e.